The summed E-state index contributed by atoms with van der Waals surface area (Å²) in [6.07, 6.45) is 1.96. The SMILES string of the molecule is CC(CN)NCc1nnc2ccccn12. The highest BCUT2D eigenvalue weighted by Gasteiger charge is 2.05. The Labute approximate surface area is 88.3 Å². The van der Waals surface area contributed by atoms with Crippen molar-refractivity contribution in [3.05, 3.63) is 30.2 Å². The van der Waals surface area contributed by atoms with Gasteiger partial charge in [0.25, 0.3) is 0 Å². The van der Waals surface area contributed by atoms with E-state index in [1.54, 1.807) is 0 Å². The van der Waals surface area contributed by atoms with Gasteiger partial charge in [0.15, 0.2) is 11.5 Å². The number of fused-ring (bicyclic) bond motifs is 1. The van der Waals surface area contributed by atoms with Gasteiger partial charge in [-0.05, 0) is 19.1 Å². The van der Waals surface area contributed by atoms with E-state index in [1.165, 1.54) is 0 Å². The second-order valence-corrected chi connectivity index (χ2v) is 3.56. The first-order valence-corrected chi connectivity index (χ1v) is 5.03. The summed E-state index contributed by atoms with van der Waals surface area (Å²) in [5, 5.41) is 11.5. The number of rotatable bonds is 4. The molecule has 5 heteroatoms. The van der Waals surface area contributed by atoms with Crippen LogP contribution in [0.5, 0.6) is 0 Å². The van der Waals surface area contributed by atoms with Crippen LogP contribution >= 0.6 is 0 Å². The van der Waals surface area contributed by atoms with E-state index in [0.717, 1.165) is 11.5 Å². The normalized spacial score (nSPS) is 13.2. The van der Waals surface area contributed by atoms with Gasteiger partial charge in [-0.2, -0.15) is 0 Å². The summed E-state index contributed by atoms with van der Waals surface area (Å²) < 4.78 is 1.97. The molecule has 0 aliphatic heterocycles. The quantitative estimate of drug-likeness (QED) is 0.746. The van der Waals surface area contributed by atoms with Crippen molar-refractivity contribution in [3.8, 4) is 0 Å². The third kappa shape index (κ3) is 2.14. The molecule has 15 heavy (non-hydrogen) atoms. The summed E-state index contributed by atoms with van der Waals surface area (Å²) in [5.41, 5.74) is 6.39. The fraction of sp³-hybridized carbons (Fsp3) is 0.400. The number of aromatic nitrogens is 3. The zero-order valence-corrected chi connectivity index (χ0v) is 8.72. The third-order valence-corrected chi connectivity index (χ3v) is 2.35. The Balaban J connectivity index is 2.14. The fourth-order valence-electron chi connectivity index (χ4n) is 1.36. The van der Waals surface area contributed by atoms with Gasteiger partial charge >= 0.3 is 0 Å². The van der Waals surface area contributed by atoms with Crippen LogP contribution in [0, 0.1) is 0 Å². The summed E-state index contributed by atoms with van der Waals surface area (Å²) in [5.74, 6) is 0.908. The largest absolute Gasteiger partial charge is 0.329 e. The molecule has 5 nitrogen and oxygen atoms in total. The molecule has 0 aliphatic carbocycles. The molecule has 2 rings (SSSR count). The van der Waals surface area contributed by atoms with Crippen LogP contribution in [-0.4, -0.2) is 27.2 Å². The van der Waals surface area contributed by atoms with E-state index in [1.807, 2.05) is 35.7 Å². The first-order chi connectivity index (χ1) is 7.31. The average Bonchev–Trinajstić information content (AvgIpc) is 2.69. The lowest BCUT2D eigenvalue weighted by Crippen LogP contribution is -2.33. The van der Waals surface area contributed by atoms with Crippen LogP contribution in [0.3, 0.4) is 0 Å². The highest BCUT2D eigenvalue weighted by Crippen LogP contribution is 2.02. The van der Waals surface area contributed by atoms with Gasteiger partial charge in [-0.3, -0.25) is 4.40 Å². The molecule has 2 aromatic rings. The molecule has 0 radical (unpaired) electrons. The maximum absolute atomic E-state index is 5.52. The van der Waals surface area contributed by atoms with Crippen LogP contribution in [0.15, 0.2) is 24.4 Å². The number of nitrogens with zero attached hydrogens (tertiary/aromatic N) is 3. The second-order valence-electron chi connectivity index (χ2n) is 3.56. The van der Waals surface area contributed by atoms with Crippen molar-refractivity contribution in [1.82, 2.24) is 19.9 Å². The van der Waals surface area contributed by atoms with Gasteiger partial charge in [0.2, 0.25) is 0 Å². The topological polar surface area (TPSA) is 68.2 Å². The third-order valence-electron chi connectivity index (χ3n) is 2.35. The van der Waals surface area contributed by atoms with Crippen LogP contribution in [-0.2, 0) is 6.54 Å². The monoisotopic (exact) mass is 205 g/mol. The Kier molecular flexibility index (Phi) is 2.94. The molecule has 0 aliphatic rings. The van der Waals surface area contributed by atoms with E-state index in [9.17, 15) is 0 Å². The molecule has 0 spiro atoms. The molecule has 0 fully saturated rings. The lowest BCUT2D eigenvalue weighted by atomic mass is 10.3. The van der Waals surface area contributed by atoms with Crippen molar-refractivity contribution in [3.63, 3.8) is 0 Å². The fourth-order valence-corrected chi connectivity index (χ4v) is 1.36. The Bertz CT molecular complexity index is 436. The molecule has 1 atom stereocenters. The number of hydrogen-bond donors (Lipinski definition) is 2. The van der Waals surface area contributed by atoms with E-state index in [0.29, 0.717) is 19.1 Å². The van der Waals surface area contributed by atoms with E-state index in [4.69, 9.17) is 5.73 Å². The molecular formula is C10H15N5. The summed E-state index contributed by atoms with van der Waals surface area (Å²) in [7, 11) is 0. The summed E-state index contributed by atoms with van der Waals surface area (Å²) in [6.45, 7) is 3.35. The molecule has 2 aromatic heterocycles. The Morgan fingerprint density at radius 1 is 1.47 bits per heavy atom. The van der Waals surface area contributed by atoms with Crippen LogP contribution < -0.4 is 11.1 Å². The van der Waals surface area contributed by atoms with Crippen LogP contribution in [0.4, 0.5) is 0 Å². The van der Waals surface area contributed by atoms with Crippen LogP contribution in [0.2, 0.25) is 0 Å². The van der Waals surface area contributed by atoms with Gasteiger partial charge in [-0.15, -0.1) is 10.2 Å². The predicted octanol–water partition coefficient (Wildman–Crippen LogP) is 0.166. The van der Waals surface area contributed by atoms with Crippen molar-refractivity contribution >= 4 is 5.65 Å². The molecule has 0 saturated carbocycles. The zero-order valence-electron chi connectivity index (χ0n) is 8.72. The van der Waals surface area contributed by atoms with Crippen molar-refractivity contribution in [2.75, 3.05) is 6.54 Å². The smallest absolute Gasteiger partial charge is 0.160 e. The molecule has 0 aromatic carbocycles. The van der Waals surface area contributed by atoms with Crippen LogP contribution in [0.1, 0.15) is 12.7 Å². The Morgan fingerprint density at radius 2 is 2.33 bits per heavy atom. The van der Waals surface area contributed by atoms with Crippen LogP contribution in [0.25, 0.3) is 5.65 Å². The molecule has 80 valence electrons. The maximum Gasteiger partial charge on any atom is 0.160 e. The van der Waals surface area contributed by atoms with Gasteiger partial charge in [-0.1, -0.05) is 6.07 Å². The zero-order chi connectivity index (χ0) is 10.7. The Hall–Kier alpha value is -1.46. The summed E-state index contributed by atoms with van der Waals surface area (Å²) in [4.78, 5) is 0. The first-order valence-electron chi connectivity index (χ1n) is 5.03. The first kappa shape index (κ1) is 10.1. The molecule has 3 N–H and O–H groups in total. The van der Waals surface area contributed by atoms with E-state index in [2.05, 4.69) is 15.5 Å². The van der Waals surface area contributed by atoms with Crippen molar-refractivity contribution in [2.45, 2.75) is 19.5 Å². The minimum absolute atomic E-state index is 0.293. The number of hydrogen-bond acceptors (Lipinski definition) is 4. The van der Waals surface area contributed by atoms with Crippen molar-refractivity contribution < 1.29 is 0 Å². The number of nitrogens with two attached hydrogens (primary N) is 1. The van der Waals surface area contributed by atoms with Gasteiger partial charge in [0.1, 0.15) is 0 Å². The number of nitrogens with one attached hydrogen (secondary N) is 1. The summed E-state index contributed by atoms with van der Waals surface area (Å²) in [6, 6.07) is 6.14. The highest BCUT2D eigenvalue weighted by molar-refractivity contribution is 5.36. The minimum atomic E-state index is 0.293. The minimum Gasteiger partial charge on any atom is -0.329 e. The average molecular weight is 205 g/mol. The molecule has 0 amide bonds. The Morgan fingerprint density at radius 3 is 3.13 bits per heavy atom. The predicted molar refractivity (Wildman–Crippen MR) is 58.3 cm³/mol. The molecule has 1 unspecified atom stereocenters. The number of pyridine rings is 1. The standard InChI is InChI=1S/C10H15N5/c1-8(6-11)12-7-10-14-13-9-4-2-3-5-15(9)10/h2-5,8,12H,6-7,11H2,1H3. The van der Waals surface area contributed by atoms with E-state index >= 15 is 0 Å². The lowest BCUT2D eigenvalue weighted by Gasteiger charge is -2.09. The maximum atomic E-state index is 5.52. The van der Waals surface area contributed by atoms with Gasteiger partial charge in [0.05, 0.1) is 6.54 Å². The van der Waals surface area contributed by atoms with Crippen molar-refractivity contribution in [2.24, 2.45) is 5.73 Å². The van der Waals surface area contributed by atoms with E-state index in [-0.39, 0.29) is 0 Å². The molecule has 0 bridgehead atoms. The molecule has 0 saturated heterocycles. The molecular weight excluding hydrogens is 190 g/mol. The van der Waals surface area contributed by atoms with Gasteiger partial charge in [0, 0.05) is 18.8 Å². The van der Waals surface area contributed by atoms with Gasteiger partial charge in [-0.25, -0.2) is 0 Å². The van der Waals surface area contributed by atoms with Gasteiger partial charge < -0.3 is 11.1 Å². The van der Waals surface area contributed by atoms with E-state index < -0.39 is 0 Å². The molecule has 2 heterocycles. The van der Waals surface area contributed by atoms with Crippen molar-refractivity contribution in [1.29, 1.82) is 0 Å². The lowest BCUT2D eigenvalue weighted by molar-refractivity contribution is 0.541. The summed E-state index contributed by atoms with van der Waals surface area (Å²) >= 11 is 0. The highest BCUT2D eigenvalue weighted by atomic mass is 15.3. The second kappa shape index (κ2) is 4.37.